The molecule has 1 heterocycles. The van der Waals surface area contributed by atoms with Crippen LogP contribution in [0.15, 0.2) is 42.5 Å². The van der Waals surface area contributed by atoms with Crippen LogP contribution >= 0.6 is 0 Å². The molecule has 1 aromatic heterocycles. The Balaban J connectivity index is 2.17. The first-order chi connectivity index (χ1) is 13.0. The van der Waals surface area contributed by atoms with Gasteiger partial charge in [-0.15, -0.1) is 0 Å². The maximum absolute atomic E-state index is 13.2. The van der Waals surface area contributed by atoms with Crippen molar-refractivity contribution in [3.8, 4) is 11.5 Å². The minimum absolute atomic E-state index is 0.0158. The van der Waals surface area contributed by atoms with Crippen molar-refractivity contribution in [2.75, 3.05) is 21.3 Å². The molecule has 3 rings (SSSR count). The van der Waals surface area contributed by atoms with Crippen LogP contribution in [0.25, 0.3) is 10.9 Å². The van der Waals surface area contributed by atoms with Crippen molar-refractivity contribution in [3.05, 3.63) is 59.3 Å². The number of methoxy groups -OCH3 is 3. The number of esters is 1. The van der Waals surface area contributed by atoms with Gasteiger partial charge in [-0.1, -0.05) is 0 Å². The van der Waals surface area contributed by atoms with Gasteiger partial charge >= 0.3 is 5.97 Å². The predicted octanol–water partition coefficient (Wildman–Crippen LogP) is 3.37. The summed E-state index contributed by atoms with van der Waals surface area (Å²) >= 11 is 0. The molecule has 0 spiro atoms. The molecule has 0 aliphatic heterocycles. The molecule has 6 nitrogen and oxygen atoms in total. The normalized spacial score (nSPS) is 10.7. The van der Waals surface area contributed by atoms with Crippen molar-refractivity contribution in [3.63, 3.8) is 0 Å². The van der Waals surface area contributed by atoms with Gasteiger partial charge < -0.3 is 18.8 Å². The summed E-state index contributed by atoms with van der Waals surface area (Å²) in [6.07, 6.45) is 0. The molecule has 0 aliphatic rings. The third kappa shape index (κ3) is 3.38. The number of ether oxygens (including phenoxy) is 3. The Morgan fingerprint density at radius 1 is 0.926 bits per heavy atom. The maximum Gasteiger partial charge on any atom is 0.325 e. The summed E-state index contributed by atoms with van der Waals surface area (Å²) in [7, 11) is 4.49. The van der Waals surface area contributed by atoms with Crippen LogP contribution in [0.2, 0.25) is 0 Å². The van der Waals surface area contributed by atoms with Crippen LogP contribution in [-0.2, 0) is 16.1 Å². The number of aromatic nitrogens is 1. The molecular formula is C21H21NO5. The fraction of sp³-hybridized carbons (Fsp3) is 0.238. The SMILES string of the molecule is COC(=O)Cn1c(C)c(C(=O)c2ccc(OC)cc2)c2ccc(OC)cc21. The van der Waals surface area contributed by atoms with Gasteiger partial charge in [0.05, 0.1) is 32.4 Å². The smallest absolute Gasteiger partial charge is 0.325 e. The predicted molar refractivity (Wildman–Crippen MR) is 102 cm³/mol. The van der Waals surface area contributed by atoms with E-state index in [-0.39, 0.29) is 18.3 Å². The summed E-state index contributed by atoms with van der Waals surface area (Å²) in [5.74, 6) is 0.825. The van der Waals surface area contributed by atoms with Crippen molar-refractivity contribution < 1.29 is 23.8 Å². The molecule has 0 bridgehead atoms. The number of nitrogens with zero attached hydrogens (tertiary/aromatic N) is 1. The minimum Gasteiger partial charge on any atom is -0.497 e. The topological polar surface area (TPSA) is 66.8 Å². The summed E-state index contributed by atoms with van der Waals surface area (Å²) in [6, 6.07) is 12.4. The van der Waals surface area contributed by atoms with Crippen molar-refractivity contribution in [2.24, 2.45) is 0 Å². The molecular weight excluding hydrogens is 346 g/mol. The number of carbonyl (C=O) groups is 2. The first-order valence-corrected chi connectivity index (χ1v) is 8.42. The highest BCUT2D eigenvalue weighted by Crippen LogP contribution is 2.31. The number of carbonyl (C=O) groups excluding carboxylic acids is 2. The van der Waals surface area contributed by atoms with E-state index < -0.39 is 0 Å². The van der Waals surface area contributed by atoms with Crippen molar-refractivity contribution in [1.82, 2.24) is 4.57 Å². The molecule has 27 heavy (non-hydrogen) atoms. The van der Waals surface area contributed by atoms with Crippen LogP contribution in [-0.4, -0.2) is 37.6 Å². The third-order valence-electron chi connectivity index (χ3n) is 4.63. The molecule has 0 saturated heterocycles. The number of benzene rings is 2. The van der Waals surface area contributed by atoms with E-state index in [1.165, 1.54) is 7.11 Å². The van der Waals surface area contributed by atoms with Gasteiger partial charge in [0.1, 0.15) is 18.0 Å². The number of hydrogen-bond acceptors (Lipinski definition) is 5. The molecule has 0 amide bonds. The quantitative estimate of drug-likeness (QED) is 0.494. The molecule has 140 valence electrons. The Hall–Kier alpha value is -3.28. The summed E-state index contributed by atoms with van der Waals surface area (Å²) < 4.78 is 17.0. The van der Waals surface area contributed by atoms with Crippen LogP contribution < -0.4 is 9.47 Å². The average Bonchev–Trinajstić information content (AvgIpc) is 2.98. The van der Waals surface area contributed by atoms with Crippen LogP contribution in [0.5, 0.6) is 11.5 Å². The third-order valence-corrected chi connectivity index (χ3v) is 4.63. The molecule has 0 N–H and O–H groups in total. The zero-order valence-electron chi connectivity index (χ0n) is 15.7. The second-order valence-electron chi connectivity index (χ2n) is 6.06. The standard InChI is InChI=1S/C21H21NO5/c1-13-20(21(24)14-5-7-15(25-2)8-6-14)17-10-9-16(26-3)11-18(17)22(13)12-19(23)27-4/h5-11H,12H2,1-4H3. The Morgan fingerprint density at radius 3 is 2.15 bits per heavy atom. The van der Waals surface area contributed by atoms with E-state index in [2.05, 4.69) is 0 Å². The highest BCUT2D eigenvalue weighted by Gasteiger charge is 2.23. The Morgan fingerprint density at radius 2 is 1.56 bits per heavy atom. The first kappa shape index (κ1) is 18.5. The molecule has 0 fully saturated rings. The Kier molecular flexibility index (Phi) is 5.16. The van der Waals surface area contributed by atoms with E-state index in [9.17, 15) is 9.59 Å². The molecule has 0 unspecified atom stereocenters. The lowest BCUT2D eigenvalue weighted by molar-refractivity contribution is -0.141. The highest BCUT2D eigenvalue weighted by molar-refractivity contribution is 6.17. The monoisotopic (exact) mass is 367 g/mol. The van der Waals surface area contributed by atoms with Crippen molar-refractivity contribution in [2.45, 2.75) is 13.5 Å². The van der Waals surface area contributed by atoms with Crippen LogP contribution in [0.4, 0.5) is 0 Å². The van der Waals surface area contributed by atoms with Crippen molar-refractivity contribution in [1.29, 1.82) is 0 Å². The summed E-state index contributed by atoms with van der Waals surface area (Å²) in [4.78, 5) is 25.1. The van der Waals surface area contributed by atoms with E-state index in [1.807, 2.05) is 19.1 Å². The Labute approximate surface area is 157 Å². The molecule has 2 aromatic carbocycles. The second-order valence-corrected chi connectivity index (χ2v) is 6.06. The lowest BCUT2D eigenvalue weighted by atomic mass is 10.0. The average molecular weight is 367 g/mol. The van der Waals surface area contributed by atoms with Gasteiger partial charge in [0.25, 0.3) is 0 Å². The summed E-state index contributed by atoms with van der Waals surface area (Å²) in [5, 5.41) is 0.762. The van der Waals surface area contributed by atoms with Gasteiger partial charge in [0.2, 0.25) is 0 Å². The van der Waals surface area contributed by atoms with Crippen LogP contribution in [0.3, 0.4) is 0 Å². The molecule has 0 aliphatic carbocycles. The number of fused-ring (bicyclic) bond motifs is 1. The number of hydrogen-bond donors (Lipinski definition) is 0. The fourth-order valence-electron chi connectivity index (χ4n) is 3.15. The molecule has 6 heteroatoms. The number of ketones is 1. The van der Waals surface area contributed by atoms with E-state index in [0.717, 1.165) is 10.9 Å². The van der Waals surface area contributed by atoms with Gasteiger partial charge in [0.15, 0.2) is 5.78 Å². The van der Waals surface area contributed by atoms with E-state index in [0.29, 0.717) is 28.3 Å². The second kappa shape index (κ2) is 7.53. The maximum atomic E-state index is 13.2. The van der Waals surface area contributed by atoms with Gasteiger partial charge in [0, 0.05) is 22.7 Å². The Bertz CT molecular complexity index is 1000. The van der Waals surface area contributed by atoms with Crippen LogP contribution in [0.1, 0.15) is 21.6 Å². The van der Waals surface area contributed by atoms with E-state index in [1.54, 1.807) is 49.1 Å². The minimum atomic E-state index is -0.388. The first-order valence-electron chi connectivity index (χ1n) is 8.42. The molecule has 0 radical (unpaired) electrons. The van der Waals surface area contributed by atoms with E-state index in [4.69, 9.17) is 14.2 Å². The lowest BCUT2D eigenvalue weighted by Gasteiger charge is -2.08. The zero-order chi connectivity index (χ0) is 19.6. The molecule has 0 atom stereocenters. The van der Waals surface area contributed by atoms with Crippen molar-refractivity contribution >= 4 is 22.7 Å². The van der Waals surface area contributed by atoms with E-state index >= 15 is 0 Å². The lowest BCUT2D eigenvalue weighted by Crippen LogP contribution is -2.13. The number of rotatable bonds is 6. The zero-order valence-corrected chi connectivity index (χ0v) is 15.7. The highest BCUT2D eigenvalue weighted by atomic mass is 16.5. The van der Waals surface area contributed by atoms with Gasteiger partial charge in [-0.2, -0.15) is 0 Å². The van der Waals surface area contributed by atoms with Gasteiger partial charge in [-0.05, 0) is 43.3 Å². The largest absolute Gasteiger partial charge is 0.497 e. The molecule has 3 aromatic rings. The molecule has 0 saturated carbocycles. The van der Waals surface area contributed by atoms with Crippen LogP contribution in [0, 0.1) is 6.92 Å². The van der Waals surface area contributed by atoms with Gasteiger partial charge in [-0.25, -0.2) is 0 Å². The fourth-order valence-corrected chi connectivity index (χ4v) is 3.15. The summed E-state index contributed by atoms with van der Waals surface area (Å²) in [5.41, 5.74) is 2.55. The summed E-state index contributed by atoms with van der Waals surface area (Å²) in [6.45, 7) is 1.84. The van der Waals surface area contributed by atoms with Gasteiger partial charge in [-0.3, -0.25) is 9.59 Å².